The lowest BCUT2D eigenvalue weighted by Gasteiger charge is -2.33. The summed E-state index contributed by atoms with van der Waals surface area (Å²) in [5, 5.41) is 9.24. The molecule has 8 heteroatoms. The number of nitriles is 1. The fourth-order valence-electron chi connectivity index (χ4n) is 4.46. The minimum absolute atomic E-state index is 0.121. The summed E-state index contributed by atoms with van der Waals surface area (Å²) in [6.07, 6.45) is 6.92. The maximum Gasteiger partial charge on any atom is 0.283 e. The maximum atomic E-state index is 9.24. The molecule has 6 rings (SSSR count). The molecular weight excluding hydrogens is 428 g/mol. The predicted octanol–water partition coefficient (Wildman–Crippen LogP) is 4.08. The van der Waals surface area contributed by atoms with E-state index in [9.17, 15) is 5.26 Å². The molecule has 5 heterocycles. The van der Waals surface area contributed by atoms with E-state index in [1.165, 1.54) is 0 Å². The van der Waals surface area contributed by atoms with Crippen molar-refractivity contribution in [1.82, 2.24) is 15.0 Å². The Morgan fingerprint density at radius 3 is 2.62 bits per heavy atom. The second-order valence-electron chi connectivity index (χ2n) is 8.27. The number of aryl methyl sites for hydroxylation is 1. The number of fused-ring (bicyclic) bond motifs is 4. The Bertz CT molecular complexity index is 1540. The van der Waals surface area contributed by atoms with Crippen LogP contribution in [-0.2, 0) is 10.3 Å². The Hall–Kier alpha value is -4.77. The highest BCUT2D eigenvalue weighted by Gasteiger charge is 2.47. The van der Waals surface area contributed by atoms with E-state index in [1.807, 2.05) is 43.6 Å². The summed E-state index contributed by atoms with van der Waals surface area (Å²) >= 11 is 0. The van der Waals surface area contributed by atoms with Gasteiger partial charge in [-0.2, -0.15) is 5.26 Å². The van der Waals surface area contributed by atoms with Crippen LogP contribution in [0.2, 0.25) is 0 Å². The van der Waals surface area contributed by atoms with Gasteiger partial charge in [-0.3, -0.25) is 9.97 Å². The van der Waals surface area contributed by atoms with Gasteiger partial charge >= 0.3 is 0 Å². The van der Waals surface area contributed by atoms with Gasteiger partial charge in [0.25, 0.3) is 6.02 Å². The zero-order valence-electron chi connectivity index (χ0n) is 18.2. The third-order valence-electron chi connectivity index (χ3n) is 6.07. The van der Waals surface area contributed by atoms with Crippen molar-refractivity contribution >= 4 is 6.02 Å². The van der Waals surface area contributed by atoms with Crippen LogP contribution < -0.4 is 10.5 Å². The van der Waals surface area contributed by atoms with Gasteiger partial charge in [-0.05, 0) is 54.4 Å². The monoisotopic (exact) mass is 446 g/mol. The Morgan fingerprint density at radius 1 is 0.941 bits per heavy atom. The number of ether oxygens (including phenoxy) is 2. The van der Waals surface area contributed by atoms with Gasteiger partial charge in [-0.1, -0.05) is 6.07 Å². The van der Waals surface area contributed by atoms with Crippen molar-refractivity contribution in [3.05, 3.63) is 89.6 Å². The first-order valence-electron chi connectivity index (χ1n) is 10.7. The van der Waals surface area contributed by atoms with Crippen LogP contribution in [0.15, 0.2) is 72.2 Å². The molecule has 8 nitrogen and oxygen atoms in total. The average Bonchev–Trinajstić information content (AvgIpc) is 3.26. The van der Waals surface area contributed by atoms with E-state index in [1.54, 1.807) is 18.5 Å². The van der Waals surface area contributed by atoms with Gasteiger partial charge in [0.2, 0.25) is 0 Å². The summed E-state index contributed by atoms with van der Waals surface area (Å²) in [6, 6.07) is 15.7. The quantitative estimate of drug-likeness (QED) is 0.493. The topological polar surface area (TPSA) is 119 Å². The number of aliphatic imine (C=N–C) groups is 1. The number of aromatic nitrogens is 3. The standard InChI is InChI=1S/C26H18N6O2/c1-15-6-18(12-29-11-15)16-2-3-23-20(8-16)26(14-33-25(28)32-26)21-9-22(31-13-24(21)34-23)17-4-5-30-19(7-17)10-27/h2-9,11-13H,14H2,1H3,(H2,28,32). The van der Waals surface area contributed by atoms with Crippen molar-refractivity contribution in [3.8, 4) is 40.0 Å². The van der Waals surface area contributed by atoms with Gasteiger partial charge in [-0.25, -0.2) is 9.98 Å². The lowest BCUT2D eigenvalue weighted by Crippen LogP contribution is -2.31. The van der Waals surface area contributed by atoms with Crippen molar-refractivity contribution in [3.63, 3.8) is 0 Å². The summed E-state index contributed by atoms with van der Waals surface area (Å²) in [5.41, 5.74) is 11.6. The lowest BCUT2D eigenvalue weighted by atomic mass is 9.80. The van der Waals surface area contributed by atoms with Gasteiger partial charge in [-0.15, -0.1) is 0 Å². The summed E-state index contributed by atoms with van der Waals surface area (Å²) < 4.78 is 11.9. The van der Waals surface area contributed by atoms with Gasteiger partial charge in [0.05, 0.1) is 11.9 Å². The van der Waals surface area contributed by atoms with Crippen LogP contribution in [0.1, 0.15) is 22.4 Å². The summed E-state index contributed by atoms with van der Waals surface area (Å²) in [4.78, 5) is 17.7. The molecule has 0 fully saturated rings. The zero-order chi connectivity index (χ0) is 23.3. The number of hydrogen-bond acceptors (Lipinski definition) is 8. The van der Waals surface area contributed by atoms with Crippen molar-refractivity contribution in [1.29, 1.82) is 5.26 Å². The Morgan fingerprint density at radius 2 is 1.82 bits per heavy atom. The minimum atomic E-state index is -0.886. The molecule has 0 saturated heterocycles. The molecule has 2 aliphatic rings. The number of rotatable bonds is 2. The van der Waals surface area contributed by atoms with Crippen LogP contribution >= 0.6 is 0 Å². The van der Waals surface area contributed by atoms with Crippen molar-refractivity contribution < 1.29 is 9.47 Å². The molecule has 0 aliphatic carbocycles. The lowest BCUT2D eigenvalue weighted by molar-refractivity contribution is 0.264. The Balaban J connectivity index is 1.54. The Kier molecular flexibility index (Phi) is 4.32. The molecule has 0 radical (unpaired) electrons. The van der Waals surface area contributed by atoms with E-state index in [-0.39, 0.29) is 12.6 Å². The van der Waals surface area contributed by atoms with Gasteiger partial charge in [0.1, 0.15) is 24.1 Å². The molecule has 0 amide bonds. The molecule has 1 spiro atoms. The summed E-state index contributed by atoms with van der Waals surface area (Å²) in [5.74, 6) is 1.25. The fourth-order valence-corrected chi connectivity index (χ4v) is 4.46. The molecular formula is C26H18N6O2. The largest absolute Gasteiger partial charge is 0.462 e. The zero-order valence-corrected chi connectivity index (χ0v) is 18.2. The van der Waals surface area contributed by atoms with Crippen LogP contribution in [0.3, 0.4) is 0 Å². The van der Waals surface area contributed by atoms with E-state index in [2.05, 4.69) is 33.2 Å². The van der Waals surface area contributed by atoms with Crippen molar-refractivity contribution in [2.45, 2.75) is 12.5 Å². The molecule has 2 N–H and O–H groups in total. The van der Waals surface area contributed by atoms with Crippen LogP contribution in [0, 0.1) is 18.3 Å². The SMILES string of the molecule is Cc1cncc(-c2ccc3c(c2)C2(COC(N)=N2)c2cc(-c4ccnc(C#N)c4)ncc2O3)c1. The molecule has 0 saturated carbocycles. The molecule has 1 atom stereocenters. The normalized spacial score (nSPS) is 17.7. The third kappa shape index (κ3) is 3.06. The highest BCUT2D eigenvalue weighted by molar-refractivity contribution is 5.78. The average molecular weight is 446 g/mol. The fraction of sp³-hybridized carbons (Fsp3) is 0.115. The first kappa shape index (κ1) is 19.9. The molecule has 34 heavy (non-hydrogen) atoms. The van der Waals surface area contributed by atoms with E-state index >= 15 is 0 Å². The van der Waals surface area contributed by atoms with Gasteiger partial charge in [0, 0.05) is 40.8 Å². The second kappa shape index (κ2) is 7.39. The highest BCUT2D eigenvalue weighted by Crippen LogP contribution is 2.52. The van der Waals surface area contributed by atoms with E-state index < -0.39 is 5.54 Å². The van der Waals surface area contributed by atoms with Gasteiger partial charge < -0.3 is 15.2 Å². The predicted molar refractivity (Wildman–Crippen MR) is 125 cm³/mol. The number of nitrogens with two attached hydrogens (primary N) is 1. The molecule has 1 unspecified atom stereocenters. The van der Waals surface area contributed by atoms with Crippen LogP contribution in [-0.4, -0.2) is 27.6 Å². The van der Waals surface area contributed by atoms with E-state index in [4.69, 9.17) is 20.2 Å². The van der Waals surface area contributed by atoms with Gasteiger partial charge in [0.15, 0.2) is 11.3 Å². The first-order valence-corrected chi connectivity index (χ1v) is 10.7. The van der Waals surface area contributed by atoms with Crippen LogP contribution in [0.4, 0.5) is 0 Å². The number of pyridine rings is 3. The van der Waals surface area contributed by atoms with E-state index in [0.29, 0.717) is 22.9 Å². The first-order chi connectivity index (χ1) is 16.6. The van der Waals surface area contributed by atoms with Crippen LogP contribution in [0.25, 0.3) is 22.4 Å². The van der Waals surface area contributed by atoms with Crippen LogP contribution in [0.5, 0.6) is 11.5 Å². The number of amidine groups is 1. The second-order valence-corrected chi connectivity index (χ2v) is 8.27. The maximum absolute atomic E-state index is 9.24. The molecule has 2 aliphatic heterocycles. The third-order valence-corrected chi connectivity index (χ3v) is 6.07. The molecule has 4 aromatic rings. The highest BCUT2D eigenvalue weighted by atomic mass is 16.5. The van der Waals surface area contributed by atoms with Crippen molar-refractivity contribution in [2.75, 3.05) is 6.61 Å². The smallest absolute Gasteiger partial charge is 0.283 e. The van der Waals surface area contributed by atoms with Crippen molar-refractivity contribution in [2.24, 2.45) is 10.7 Å². The molecule has 3 aromatic heterocycles. The Labute approximate surface area is 195 Å². The number of hydrogen-bond donors (Lipinski definition) is 1. The molecule has 0 bridgehead atoms. The summed E-state index contributed by atoms with van der Waals surface area (Å²) in [6.45, 7) is 2.25. The molecule has 1 aromatic carbocycles. The molecule has 164 valence electrons. The number of benzene rings is 1. The number of nitrogens with zero attached hydrogens (tertiary/aromatic N) is 5. The summed E-state index contributed by atoms with van der Waals surface area (Å²) in [7, 11) is 0. The van der Waals surface area contributed by atoms with E-state index in [0.717, 1.165) is 33.4 Å². The minimum Gasteiger partial charge on any atom is -0.462 e.